The normalized spacial score (nSPS) is 12.6. The van der Waals surface area contributed by atoms with Crippen LogP contribution in [0.3, 0.4) is 0 Å². The highest BCUT2D eigenvalue weighted by Gasteiger charge is 2.29. The zero-order chi connectivity index (χ0) is 23.2. The standard InChI is InChI=1S/C29H24O4/c30-28(31)26(24-15-11-22(12-16-24)20-7-3-1-4-8-20)19-27(29(32)33)25-17-13-23(14-18-25)21-9-5-2-6-10-21/h1-18,26-27H,19H2,(H,30,31)(H,32,33). The minimum Gasteiger partial charge on any atom is -0.481 e. The molecule has 4 aromatic carbocycles. The lowest BCUT2D eigenvalue weighted by Gasteiger charge is -2.19. The Morgan fingerprint density at radius 2 is 0.788 bits per heavy atom. The average molecular weight is 437 g/mol. The summed E-state index contributed by atoms with van der Waals surface area (Å²) in [6.07, 6.45) is -0.0277. The van der Waals surface area contributed by atoms with Crippen LogP contribution in [-0.2, 0) is 9.59 Å². The van der Waals surface area contributed by atoms with Gasteiger partial charge >= 0.3 is 11.9 Å². The van der Waals surface area contributed by atoms with Crippen molar-refractivity contribution in [1.29, 1.82) is 0 Å². The van der Waals surface area contributed by atoms with E-state index in [4.69, 9.17) is 0 Å². The van der Waals surface area contributed by atoms with E-state index in [-0.39, 0.29) is 6.42 Å². The first kappa shape index (κ1) is 22.0. The smallest absolute Gasteiger partial charge is 0.311 e. The molecule has 4 aromatic rings. The molecule has 4 rings (SSSR count). The molecule has 0 bridgehead atoms. The van der Waals surface area contributed by atoms with Crippen LogP contribution < -0.4 is 0 Å². The van der Waals surface area contributed by atoms with Gasteiger partial charge in [0.05, 0.1) is 11.8 Å². The minimum atomic E-state index is -1.03. The zero-order valence-corrected chi connectivity index (χ0v) is 18.0. The first-order chi connectivity index (χ1) is 16.0. The molecule has 33 heavy (non-hydrogen) atoms. The van der Waals surface area contributed by atoms with Gasteiger partial charge in [-0.25, -0.2) is 0 Å². The quantitative estimate of drug-likeness (QED) is 0.333. The van der Waals surface area contributed by atoms with Crippen LogP contribution in [0.1, 0.15) is 29.4 Å². The first-order valence-electron chi connectivity index (χ1n) is 10.8. The predicted molar refractivity (Wildman–Crippen MR) is 129 cm³/mol. The molecular weight excluding hydrogens is 412 g/mol. The topological polar surface area (TPSA) is 74.6 Å². The fraction of sp³-hybridized carbons (Fsp3) is 0.103. The monoisotopic (exact) mass is 436 g/mol. The molecule has 164 valence electrons. The van der Waals surface area contributed by atoms with E-state index in [1.807, 2.05) is 84.9 Å². The number of carboxylic acid groups (broad SMARTS) is 2. The molecule has 2 N–H and O–H groups in total. The summed E-state index contributed by atoms with van der Waals surface area (Å²) in [7, 11) is 0. The first-order valence-corrected chi connectivity index (χ1v) is 10.8. The summed E-state index contributed by atoms with van der Waals surface area (Å²) in [5.41, 5.74) is 5.23. The van der Waals surface area contributed by atoms with Gasteiger partial charge in [0.25, 0.3) is 0 Å². The van der Waals surface area contributed by atoms with Crippen molar-refractivity contribution in [2.24, 2.45) is 0 Å². The molecular formula is C29H24O4. The molecule has 0 saturated carbocycles. The predicted octanol–water partition coefficient (Wildman–Crippen LogP) is 6.45. The van der Waals surface area contributed by atoms with Gasteiger partial charge in [0.2, 0.25) is 0 Å². The Bertz CT molecular complexity index is 1120. The van der Waals surface area contributed by atoms with E-state index < -0.39 is 23.8 Å². The highest BCUT2D eigenvalue weighted by Crippen LogP contribution is 2.33. The largest absolute Gasteiger partial charge is 0.481 e. The summed E-state index contributed by atoms with van der Waals surface area (Å²) in [5.74, 6) is -3.92. The molecule has 0 heterocycles. The van der Waals surface area contributed by atoms with Crippen LogP contribution in [0.5, 0.6) is 0 Å². The zero-order valence-electron chi connectivity index (χ0n) is 18.0. The second kappa shape index (κ2) is 9.96. The third-order valence-electron chi connectivity index (χ3n) is 5.91. The number of hydrogen-bond acceptors (Lipinski definition) is 2. The summed E-state index contributed by atoms with van der Waals surface area (Å²) in [4.78, 5) is 24.2. The van der Waals surface area contributed by atoms with E-state index in [1.54, 1.807) is 24.3 Å². The van der Waals surface area contributed by atoms with Crippen molar-refractivity contribution in [1.82, 2.24) is 0 Å². The highest BCUT2D eigenvalue weighted by molar-refractivity contribution is 5.81. The molecule has 0 radical (unpaired) electrons. The van der Waals surface area contributed by atoms with Crippen LogP contribution >= 0.6 is 0 Å². The Labute approximate surface area is 192 Å². The summed E-state index contributed by atoms with van der Waals surface area (Å²) < 4.78 is 0. The molecule has 0 amide bonds. The maximum absolute atomic E-state index is 12.1. The van der Waals surface area contributed by atoms with E-state index in [1.165, 1.54) is 0 Å². The molecule has 2 atom stereocenters. The maximum atomic E-state index is 12.1. The molecule has 0 spiro atoms. The van der Waals surface area contributed by atoms with Crippen LogP contribution in [0, 0.1) is 0 Å². The fourth-order valence-corrected chi connectivity index (χ4v) is 4.07. The second-order valence-electron chi connectivity index (χ2n) is 7.99. The molecule has 2 unspecified atom stereocenters. The van der Waals surface area contributed by atoms with E-state index in [2.05, 4.69) is 0 Å². The number of benzene rings is 4. The lowest BCUT2D eigenvalue weighted by Crippen LogP contribution is -2.20. The molecule has 0 aromatic heterocycles. The molecule has 0 aliphatic rings. The van der Waals surface area contributed by atoms with Gasteiger partial charge in [0.15, 0.2) is 0 Å². The van der Waals surface area contributed by atoms with Crippen molar-refractivity contribution in [3.8, 4) is 22.3 Å². The molecule has 4 nitrogen and oxygen atoms in total. The molecule has 4 heteroatoms. The number of carboxylic acids is 2. The Kier molecular flexibility index (Phi) is 6.65. The Balaban J connectivity index is 1.57. The van der Waals surface area contributed by atoms with Gasteiger partial charge in [0.1, 0.15) is 0 Å². The second-order valence-corrected chi connectivity index (χ2v) is 7.99. The summed E-state index contributed by atoms with van der Waals surface area (Å²) in [6, 6.07) is 34.3. The SMILES string of the molecule is O=C(O)C(CC(C(=O)O)c1ccc(-c2ccccc2)cc1)c1ccc(-c2ccccc2)cc1. The van der Waals surface area contributed by atoms with Crippen molar-refractivity contribution >= 4 is 11.9 Å². The van der Waals surface area contributed by atoms with Crippen molar-refractivity contribution in [3.05, 3.63) is 120 Å². The summed E-state index contributed by atoms with van der Waals surface area (Å²) in [5, 5.41) is 19.8. The van der Waals surface area contributed by atoms with Crippen LogP contribution in [0.15, 0.2) is 109 Å². The van der Waals surface area contributed by atoms with E-state index >= 15 is 0 Å². The molecule has 0 aliphatic carbocycles. The third kappa shape index (κ3) is 5.18. The van der Waals surface area contributed by atoms with E-state index in [0.29, 0.717) is 11.1 Å². The lowest BCUT2D eigenvalue weighted by molar-refractivity contribution is -0.141. The van der Waals surface area contributed by atoms with Crippen LogP contribution in [0.4, 0.5) is 0 Å². The van der Waals surface area contributed by atoms with E-state index in [0.717, 1.165) is 22.3 Å². The van der Waals surface area contributed by atoms with Gasteiger partial charge in [-0.05, 0) is 39.8 Å². The molecule has 0 aliphatic heterocycles. The van der Waals surface area contributed by atoms with Crippen LogP contribution in [0.25, 0.3) is 22.3 Å². The van der Waals surface area contributed by atoms with Crippen LogP contribution in [0.2, 0.25) is 0 Å². The van der Waals surface area contributed by atoms with Crippen molar-refractivity contribution in [2.75, 3.05) is 0 Å². The summed E-state index contributed by atoms with van der Waals surface area (Å²) in [6.45, 7) is 0. The van der Waals surface area contributed by atoms with Gasteiger partial charge in [-0.2, -0.15) is 0 Å². The fourth-order valence-electron chi connectivity index (χ4n) is 4.07. The van der Waals surface area contributed by atoms with Gasteiger partial charge in [-0.15, -0.1) is 0 Å². The molecule has 0 saturated heterocycles. The molecule has 0 fully saturated rings. The number of aliphatic carboxylic acids is 2. The average Bonchev–Trinajstić information content (AvgIpc) is 2.86. The number of rotatable bonds is 8. The Hall–Kier alpha value is -4.18. The maximum Gasteiger partial charge on any atom is 0.311 e. The number of hydrogen-bond donors (Lipinski definition) is 2. The van der Waals surface area contributed by atoms with Gasteiger partial charge in [-0.1, -0.05) is 109 Å². The Morgan fingerprint density at radius 1 is 0.485 bits per heavy atom. The van der Waals surface area contributed by atoms with Crippen molar-refractivity contribution in [3.63, 3.8) is 0 Å². The number of carbonyl (C=O) groups is 2. The minimum absolute atomic E-state index is 0.0277. The Morgan fingerprint density at radius 3 is 1.09 bits per heavy atom. The van der Waals surface area contributed by atoms with Gasteiger partial charge in [0, 0.05) is 0 Å². The van der Waals surface area contributed by atoms with Gasteiger partial charge in [-0.3, -0.25) is 9.59 Å². The van der Waals surface area contributed by atoms with Crippen molar-refractivity contribution < 1.29 is 19.8 Å². The van der Waals surface area contributed by atoms with Crippen molar-refractivity contribution in [2.45, 2.75) is 18.3 Å². The highest BCUT2D eigenvalue weighted by atomic mass is 16.4. The lowest BCUT2D eigenvalue weighted by atomic mass is 9.84. The van der Waals surface area contributed by atoms with E-state index in [9.17, 15) is 19.8 Å². The third-order valence-corrected chi connectivity index (χ3v) is 5.91. The van der Waals surface area contributed by atoms with Gasteiger partial charge < -0.3 is 10.2 Å². The van der Waals surface area contributed by atoms with Crippen LogP contribution in [-0.4, -0.2) is 22.2 Å². The summed E-state index contributed by atoms with van der Waals surface area (Å²) >= 11 is 0.